The Morgan fingerprint density at radius 1 is 1.29 bits per heavy atom. The Balaban J connectivity index is 1.73. The van der Waals surface area contributed by atoms with Gasteiger partial charge in [0, 0.05) is 24.6 Å². The molecule has 2 aromatic heterocycles. The molecule has 1 aromatic carbocycles. The number of rotatable bonds is 2. The number of benzene rings is 1. The summed E-state index contributed by atoms with van der Waals surface area (Å²) >= 11 is 0. The molecule has 21 heavy (non-hydrogen) atoms. The topological polar surface area (TPSA) is 70.8 Å². The first kappa shape index (κ1) is 12.2. The third kappa shape index (κ3) is 2.11. The lowest BCUT2D eigenvalue weighted by molar-refractivity contribution is 0.703. The van der Waals surface area contributed by atoms with E-state index in [9.17, 15) is 0 Å². The molecule has 5 heteroatoms. The zero-order chi connectivity index (χ0) is 14.2. The number of nitrogen functional groups attached to an aromatic ring is 1. The van der Waals surface area contributed by atoms with E-state index in [0.717, 1.165) is 35.6 Å². The molecule has 1 unspecified atom stereocenters. The molecule has 4 rings (SSSR count). The Labute approximate surface area is 122 Å². The van der Waals surface area contributed by atoms with Crippen LogP contribution >= 0.6 is 0 Å². The number of fused-ring (bicyclic) bond motifs is 1. The highest BCUT2D eigenvalue weighted by Crippen LogP contribution is 2.35. The molecule has 1 aliphatic rings. The molecule has 1 atom stereocenters. The van der Waals surface area contributed by atoms with Crippen molar-refractivity contribution < 1.29 is 0 Å². The number of imidazole rings is 1. The quantitative estimate of drug-likeness (QED) is 0.708. The van der Waals surface area contributed by atoms with Crippen LogP contribution in [0.2, 0.25) is 0 Å². The molecule has 0 aliphatic carbocycles. The average molecular weight is 279 g/mol. The molecule has 5 nitrogen and oxygen atoms in total. The van der Waals surface area contributed by atoms with Gasteiger partial charge < -0.3 is 15.6 Å². The van der Waals surface area contributed by atoms with Gasteiger partial charge in [-0.25, -0.2) is 4.98 Å². The maximum atomic E-state index is 5.84. The SMILES string of the molecule is Nc1ccc2nc(N3CCCC3c3cccnc3)[nH]c2c1. The fourth-order valence-corrected chi connectivity index (χ4v) is 3.09. The second-order valence-electron chi connectivity index (χ2n) is 5.47. The number of anilines is 2. The molecule has 0 saturated carbocycles. The Bertz CT molecular complexity index is 765. The van der Waals surface area contributed by atoms with E-state index in [2.05, 4.69) is 20.9 Å². The van der Waals surface area contributed by atoms with Crippen LogP contribution in [0, 0.1) is 0 Å². The van der Waals surface area contributed by atoms with Crippen molar-refractivity contribution in [1.29, 1.82) is 0 Å². The molecule has 1 fully saturated rings. The lowest BCUT2D eigenvalue weighted by Gasteiger charge is -2.24. The number of nitrogens with two attached hydrogens (primary N) is 1. The predicted octanol–water partition coefficient (Wildman–Crippen LogP) is 2.88. The largest absolute Gasteiger partial charge is 0.399 e. The van der Waals surface area contributed by atoms with Crippen LogP contribution in [0.15, 0.2) is 42.7 Å². The second kappa shape index (κ2) is 4.77. The lowest BCUT2D eigenvalue weighted by Crippen LogP contribution is -2.23. The molecular weight excluding hydrogens is 262 g/mol. The second-order valence-corrected chi connectivity index (χ2v) is 5.47. The molecule has 1 aliphatic heterocycles. The van der Waals surface area contributed by atoms with Crippen LogP contribution in [0.5, 0.6) is 0 Å². The Hall–Kier alpha value is -2.56. The molecule has 0 radical (unpaired) electrons. The molecule has 0 amide bonds. The molecule has 106 valence electrons. The number of H-pyrrole nitrogens is 1. The lowest BCUT2D eigenvalue weighted by atomic mass is 10.1. The van der Waals surface area contributed by atoms with Gasteiger partial charge >= 0.3 is 0 Å². The van der Waals surface area contributed by atoms with Crippen LogP contribution in [0.1, 0.15) is 24.4 Å². The van der Waals surface area contributed by atoms with E-state index in [1.165, 1.54) is 12.0 Å². The summed E-state index contributed by atoms with van der Waals surface area (Å²) in [4.78, 5) is 14.7. The van der Waals surface area contributed by atoms with E-state index in [1.54, 1.807) is 0 Å². The van der Waals surface area contributed by atoms with E-state index in [-0.39, 0.29) is 0 Å². The van der Waals surface area contributed by atoms with Crippen molar-refractivity contribution >= 4 is 22.7 Å². The van der Waals surface area contributed by atoms with Crippen molar-refractivity contribution in [3.05, 3.63) is 48.3 Å². The van der Waals surface area contributed by atoms with E-state index < -0.39 is 0 Å². The van der Waals surface area contributed by atoms with Crippen LogP contribution in [0.25, 0.3) is 11.0 Å². The summed E-state index contributed by atoms with van der Waals surface area (Å²) in [6, 6.07) is 10.2. The van der Waals surface area contributed by atoms with Crippen molar-refractivity contribution in [2.24, 2.45) is 0 Å². The van der Waals surface area contributed by atoms with Crippen LogP contribution in [-0.2, 0) is 0 Å². The molecule has 3 heterocycles. The Morgan fingerprint density at radius 2 is 2.24 bits per heavy atom. The van der Waals surface area contributed by atoms with Gasteiger partial charge in [0.15, 0.2) is 0 Å². The number of nitrogens with zero attached hydrogens (tertiary/aromatic N) is 3. The normalized spacial score (nSPS) is 18.5. The third-order valence-electron chi connectivity index (χ3n) is 4.09. The predicted molar refractivity (Wildman–Crippen MR) is 84.1 cm³/mol. The minimum absolute atomic E-state index is 0.344. The molecule has 0 spiro atoms. The number of aromatic amines is 1. The Morgan fingerprint density at radius 3 is 3.10 bits per heavy atom. The summed E-state index contributed by atoms with van der Waals surface area (Å²) in [6.45, 7) is 1.01. The summed E-state index contributed by atoms with van der Waals surface area (Å²) < 4.78 is 0. The molecule has 1 saturated heterocycles. The maximum absolute atomic E-state index is 5.84. The first-order chi connectivity index (χ1) is 10.3. The first-order valence-corrected chi connectivity index (χ1v) is 7.23. The van der Waals surface area contributed by atoms with Gasteiger partial charge in [-0.15, -0.1) is 0 Å². The Kier molecular flexibility index (Phi) is 2.77. The van der Waals surface area contributed by atoms with Crippen LogP contribution in [-0.4, -0.2) is 21.5 Å². The van der Waals surface area contributed by atoms with E-state index in [0.29, 0.717) is 6.04 Å². The van der Waals surface area contributed by atoms with Crippen molar-refractivity contribution in [1.82, 2.24) is 15.0 Å². The molecule has 0 bridgehead atoms. The van der Waals surface area contributed by atoms with Crippen LogP contribution in [0.4, 0.5) is 11.6 Å². The van der Waals surface area contributed by atoms with Crippen molar-refractivity contribution in [2.45, 2.75) is 18.9 Å². The minimum atomic E-state index is 0.344. The summed E-state index contributed by atoms with van der Waals surface area (Å²) in [7, 11) is 0. The van der Waals surface area contributed by atoms with Gasteiger partial charge in [0.05, 0.1) is 17.1 Å². The van der Waals surface area contributed by atoms with Gasteiger partial charge in [0.2, 0.25) is 5.95 Å². The monoisotopic (exact) mass is 279 g/mol. The van der Waals surface area contributed by atoms with Gasteiger partial charge in [-0.05, 0) is 42.7 Å². The van der Waals surface area contributed by atoms with E-state index in [1.807, 2.05) is 36.7 Å². The summed E-state index contributed by atoms with van der Waals surface area (Å²) in [6.07, 6.45) is 6.06. The summed E-state index contributed by atoms with van der Waals surface area (Å²) in [5.41, 5.74) is 9.78. The fourth-order valence-electron chi connectivity index (χ4n) is 3.09. The van der Waals surface area contributed by atoms with Crippen molar-refractivity contribution in [3.63, 3.8) is 0 Å². The fraction of sp³-hybridized carbons (Fsp3) is 0.250. The van der Waals surface area contributed by atoms with Gasteiger partial charge in [0.25, 0.3) is 0 Å². The zero-order valence-electron chi connectivity index (χ0n) is 11.7. The van der Waals surface area contributed by atoms with Gasteiger partial charge in [0.1, 0.15) is 0 Å². The molecule has 3 aromatic rings. The standard InChI is InChI=1S/C16H17N5/c17-12-5-6-13-14(9-12)20-16(19-13)21-8-2-4-15(21)11-3-1-7-18-10-11/h1,3,5-7,9-10,15H,2,4,8,17H2,(H,19,20). The van der Waals surface area contributed by atoms with Crippen LogP contribution < -0.4 is 10.6 Å². The smallest absolute Gasteiger partial charge is 0.204 e. The highest BCUT2D eigenvalue weighted by molar-refractivity contribution is 5.81. The maximum Gasteiger partial charge on any atom is 0.204 e. The van der Waals surface area contributed by atoms with Gasteiger partial charge in [-0.2, -0.15) is 0 Å². The van der Waals surface area contributed by atoms with Gasteiger partial charge in [-0.3, -0.25) is 4.98 Å². The highest BCUT2D eigenvalue weighted by atomic mass is 15.3. The minimum Gasteiger partial charge on any atom is -0.399 e. The first-order valence-electron chi connectivity index (χ1n) is 7.23. The van der Waals surface area contributed by atoms with Crippen LogP contribution in [0.3, 0.4) is 0 Å². The third-order valence-corrected chi connectivity index (χ3v) is 4.09. The summed E-state index contributed by atoms with van der Waals surface area (Å²) in [5.74, 6) is 0.918. The average Bonchev–Trinajstić information content (AvgIpc) is 3.13. The van der Waals surface area contributed by atoms with Crippen molar-refractivity contribution in [2.75, 3.05) is 17.2 Å². The zero-order valence-corrected chi connectivity index (χ0v) is 11.7. The summed E-state index contributed by atoms with van der Waals surface area (Å²) in [5, 5.41) is 0. The van der Waals surface area contributed by atoms with E-state index in [4.69, 9.17) is 10.7 Å². The highest BCUT2D eigenvalue weighted by Gasteiger charge is 2.28. The van der Waals surface area contributed by atoms with Crippen molar-refractivity contribution in [3.8, 4) is 0 Å². The molecular formula is C16H17N5. The number of aromatic nitrogens is 3. The number of pyridine rings is 1. The number of hydrogen-bond acceptors (Lipinski definition) is 4. The number of nitrogens with one attached hydrogen (secondary N) is 1. The van der Waals surface area contributed by atoms with E-state index >= 15 is 0 Å². The molecule has 3 N–H and O–H groups in total. The van der Waals surface area contributed by atoms with Gasteiger partial charge in [-0.1, -0.05) is 6.07 Å². The number of hydrogen-bond donors (Lipinski definition) is 2.